The van der Waals surface area contributed by atoms with Crippen LogP contribution in [0.5, 0.6) is 0 Å². The van der Waals surface area contributed by atoms with E-state index in [1.807, 2.05) is 18.2 Å². The molecule has 4 atom stereocenters. The summed E-state index contributed by atoms with van der Waals surface area (Å²) in [6, 6.07) is 14.4. The third kappa shape index (κ3) is 2.57. The van der Waals surface area contributed by atoms with Crippen LogP contribution in [0.25, 0.3) is 10.8 Å². The Labute approximate surface area is 153 Å². The number of rotatable bonds is 3. The maximum Gasteiger partial charge on any atom is 0.312 e. The van der Waals surface area contributed by atoms with Gasteiger partial charge in [-0.1, -0.05) is 42.5 Å². The molecule has 2 unspecified atom stereocenters. The maximum atomic E-state index is 13.1. The summed E-state index contributed by atoms with van der Waals surface area (Å²) in [6.07, 6.45) is 6.20. The number of ether oxygens (including phenoxy) is 1. The predicted octanol–water partition coefficient (Wildman–Crippen LogP) is 5.46. The molecule has 130 valence electrons. The van der Waals surface area contributed by atoms with Crippen LogP contribution in [0.15, 0.2) is 42.5 Å². The summed E-state index contributed by atoms with van der Waals surface area (Å²) in [4.78, 5) is 12.9. The summed E-state index contributed by atoms with van der Waals surface area (Å²) in [5, 5.41) is 2.35. The fourth-order valence-corrected chi connectivity index (χ4v) is 6.80. The average molecular weight is 355 g/mol. The number of carbonyl (C=O) groups is 1. The highest BCUT2D eigenvalue weighted by Crippen LogP contribution is 2.64. The predicted molar refractivity (Wildman–Crippen MR) is 99.4 cm³/mol. The van der Waals surface area contributed by atoms with Gasteiger partial charge in [-0.3, -0.25) is 4.79 Å². The van der Waals surface area contributed by atoms with E-state index in [1.54, 1.807) is 0 Å². The van der Waals surface area contributed by atoms with Crippen molar-refractivity contribution in [3.05, 3.63) is 48.0 Å². The number of benzene rings is 2. The van der Waals surface area contributed by atoms with Crippen molar-refractivity contribution in [2.45, 2.75) is 50.0 Å². The molecule has 3 heteroatoms. The molecule has 0 aliphatic heterocycles. The molecule has 25 heavy (non-hydrogen) atoms. The van der Waals surface area contributed by atoms with Crippen molar-refractivity contribution < 1.29 is 9.53 Å². The van der Waals surface area contributed by atoms with Crippen LogP contribution in [0.2, 0.25) is 0 Å². The molecule has 4 saturated carbocycles. The van der Waals surface area contributed by atoms with Crippen molar-refractivity contribution in [1.29, 1.82) is 0 Å². The van der Waals surface area contributed by atoms with E-state index in [2.05, 4.69) is 24.3 Å². The molecule has 2 aromatic rings. The van der Waals surface area contributed by atoms with E-state index < -0.39 is 0 Å². The number of hydrogen-bond donors (Lipinski definition) is 0. The average Bonchev–Trinajstić information content (AvgIpc) is 2.57. The normalized spacial score (nSPS) is 35.9. The molecule has 0 saturated heterocycles. The number of hydrogen-bond acceptors (Lipinski definition) is 2. The molecule has 4 fully saturated rings. The Morgan fingerprint density at radius 3 is 2.52 bits per heavy atom. The van der Waals surface area contributed by atoms with Crippen molar-refractivity contribution in [2.24, 2.45) is 17.3 Å². The number of alkyl halides is 1. The number of carbonyl (C=O) groups excluding carboxylic acids is 1. The Morgan fingerprint density at radius 2 is 1.76 bits per heavy atom. The van der Waals surface area contributed by atoms with E-state index in [1.165, 1.54) is 11.8 Å². The summed E-state index contributed by atoms with van der Waals surface area (Å²) in [7, 11) is 0. The Balaban J connectivity index is 1.37. The van der Waals surface area contributed by atoms with E-state index >= 15 is 0 Å². The van der Waals surface area contributed by atoms with Gasteiger partial charge in [0.1, 0.15) is 6.61 Å². The van der Waals surface area contributed by atoms with Gasteiger partial charge in [-0.25, -0.2) is 0 Å². The van der Waals surface area contributed by atoms with Gasteiger partial charge in [-0.15, -0.1) is 11.6 Å². The highest BCUT2D eigenvalue weighted by atomic mass is 35.5. The lowest BCUT2D eigenvalue weighted by Crippen LogP contribution is -2.56. The molecule has 0 heterocycles. The second-order valence-corrected chi connectivity index (χ2v) is 9.41. The first-order valence-corrected chi connectivity index (χ1v) is 9.76. The molecule has 2 nitrogen and oxygen atoms in total. The molecule has 0 radical (unpaired) electrons. The SMILES string of the molecule is O=C(OCc1cccc2ccccc12)C12C[C@@H]3C[C@@H](CC(Cl)(C3)C1)C2. The number of esters is 1. The Bertz CT molecular complexity index is 824. The molecular formula is C22H23ClO2. The molecule has 4 aliphatic carbocycles. The highest BCUT2D eigenvalue weighted by molar-refractivity contribution is 6.24. The Morgan fingerprint density at radius 1 is 1.04 bits per heavy atom. The quantitative estimate of drug-likeness (QED) is 0.540. The topological polar surface area (TPSA) is 26.3 Å². The molecule has 4 bridgehead atoms. The lowest BCUT2D eigenvalue weighted by molar-refractivity contribution is -0.171. The van der Waals surface area contributed by atoms with Gasteiger partial charge in [0.25, 0.3) is 0 Å². The molecule has 0 spiro atoms. The Kier molecular flexibility index (Phi) is 3.44. The van der Waals surface area contributed by atoms with Crippen molar-refractivity contribution >= 4 is 28.3 Å². The molecule has 4 aliphatic rings. The minimum Gasteiger partial charge on any atom is -0.460 e. The van der Waals surface area contributed by atoms with Crippen molar-refractivity contribution in [3.63, 3.8) is 0 Å². The third-order valence-corrected chi connectivity index (χ3v) is 7.10. The van der Waals surface area contributed by atoms with Crippen LogP contribution in [-0.2, 0) is 16.1 Å². The largest absolute Gasteiger partial charge is 0.460 e. The van der Waals surface area contributed by atoms with Gasteiger partial charge < -0.3 is 4.74 Å². The summed E-state index contributed by atoms with van der Waals surface area (Å²) >= 11 is 6.85. The van der Waals surface area contributed by atoms with Crippen molar-refractivity contribution in [3.8, 4) is 0 Å². The van der Waals surface area contributed by atoms with E-state index in [-0.39, 0.29) is 16.3 Å². The molecule has 0 N–H and O–H groups in total. The lowest BCUT2D eigenvalue weighted by Gasteiger charge is -2.58. The maximum absolute atomic E-state index is 13.1. The van der Waals surface area contributed by atoms with Crippen LogP contribution in [0.1, 0.15) is 44.1 Å². The third-order valence-electron chi connectivity index (χ3n) is 6.66. The fraction of sp³-hybridized carbons (Fsp3) is 0.500. The molecule has 0 amide bonds. The van der Waals surface area contributed by atoms with Gasteiger partial charge in [-0.05, 0) is 66.7 Å². The van der Waals surface area contributed by atoms with Crippen molar-refractivity contribution in [1.82, 2.24) is 0 Å². The first-order valence-electron chi connectivity index (χ1n) is 9.38. The van der Waals surface area contributed by atoms with Crippen LogP contribution in [0.4, 0.5) is 0 Å². The summed E-state index contributed by atoms with van der Waals surface area (Å²) in [6.45, 7) is 0.354. The zero-order valence-electron chi connectivity index (χ0n) is 14.3. The van der Waals surface area contributed by atoms with Crippen LogP contribution in [0, 0.1) is 17.3 Å². The zero-order valence-corrected chi connectivity index (χ0v) is 15.1. The molecular weight excluding hydrogens is 332 g/mol. The van der Waals surface area contributed by atoms with Crippen LogP contribution in [-0.4, -0.2) is 10.8 Å². The van der Waals surface area contributed by atoms with Gasteiger partial charge in [0.2, 0.25) is 0 Å². The van der Waals surface area contributed by atoms with Gasteiger partial charge in [-0.2, -0.15) is 0 Å². The molecule has 2 aromatic carbocycles. The number of halogens is 1. The fourth-order valence-electron chi connectivity index (χ4n) is 6.10. The first-order chi connectivity index (χ1) is 12.1. The number of fused-ring (bicyclic) bond motifs is 1. The van der Waals surface area contributed by atoms with E-state index in [0.717, 1.165) is 43.1 Å². The summed E-state index contributed by atoms with van der Waals surface area (Å²) < 4.78 is 5.87. The Hall–Kier alpha value is -1.54. The van der Waals surface area contributed by atoms with Gasteiger partial charge >= 0.3 is 5.97 Å². The lowest BCUT2D eigenvalue weighted by atomic mass is 9.49. The second-order valence-electron chi connectivity index (χ2n) is 8.61. The smallest absolute Gasteiger partial charge is 0.312 e. The monoisotopic (exact) mass is 354 g/mol. The summed E-state index contributed by atoms with van der Waals surface area (Å²) in [5.41, 5.74) is 0.757. The van der Waals surface area contributed by atoms with E-state index in [9.17, 15) is 4.79 Å². The minimum atomic E-state index is -0.323. The summed E-state index contributed by atoms with van der Waals surface area (Å²) in [5.74, 6) is 1.22. The standard InChI is InChI=1S/C22H23ClO2/c23-22-11-15-8-16(12-22)10-21(9-15,14-22)20(24)25-13-18-6-3-5-17-4-1-2-7-19(17)18/h1-7,15-16H,8-14H2/t15-,16+,21?,22?. The second kappa shape index (κ2) is 5.48. The van der Waals surface area contributed by atoms with Gasteiger partial charge in [0, 0.05) is 4.87 Å². The van der Waals surface area contributed by atoms with Crippen LogP contribution >= 0.6 is 11.6 Å². The van der Waals surface area contributed by atoms with Crippen molar-refractivity contribution in [2.75, 3.05) is 0 Å². The van der Waals surface area contributed by atoms with E-state index in [0.29, 0.717) is 18.4 Å². The molecule has 0 aromatic heterocycles. The van der Waals surface area contributed by atoms with Gasteiger partial charge in [0.15, 0.2) is 0 Å². The van der Waals surface area contributed by atoms with E-state index in [4.69, 9.17) is 16.3 Å². The van der Waals surface area contributed by atoms with Crippen LogP contribution in [0.3, 0.4) is 0 Å². The zero-order chi connectivity index (χ0) is 17.1. The van der Waals surface area contributed by atoms with Crippen LogP contribution < -0.4 is 0 Å². The first kappa shape index (κ1) is 15.7. The minimum absolute atomic E-state index is 0.0143. The molecule has 6 rings (SSSR count). The highest BCUT2D eigenvalue weighted by Gasteiger charge is 2.60. The van der Waals surface area contributed by atoms with Gasteiger partial charge in [0.05, 0.1) is 5.41 Å².